The van der Waals surface area contributed by atoms with Crippen LogP contribution < -0.4 is 17.0 Å². The molecule has 3 aromatic rings. The molecule has 0 saturated heterocycles. The van der Waals surface area contributed by atoms with Crippen LogP contribution in [0.4, 0.5) is 5.69 Å². The van der Waals surface area contributed by atoms with Gasteiger partial charge in [0.05, 0.1) is 28.7 Å². The number of aryl methyl sites for hydroxylation is 1. The van der Waals surface area contributed by atoms with E-state index in [9.17, 15) is 19.5 Å². The van der Waals surface area contributed by atoms with E-state index in [1.165, 1.54) is 4.57 Å². The van der Waals surface area contributed by atoms with E-state index in [-0.39, 0.29) is 18.9 Å². The molecule has 9 heteroatoms. The van der Waals surface area contributed by atoms with Crippen molar-refractivity contribution in [2.45, 2.75) is 59.1 Å². The monoisotopic (exact) mass is 531 g/mol. The number of fused-ring (bicyclic) bond motifs is 2. The standard InChI is InChI=1S/C30H37N5O4/c1-6-12-34(13-7-2)27(36)22-14-21-9-8-19(15-24(21)32-26(31)17-22)20-10-11-23-25(16-20)33(5)29(38)35(28(23)37)18-30(3,4)39/h8-11,14-16,39H,6-7,12-13,17-18H2,1-5H3,(H2,31,32). The van der Waals surface area contributed by atoms with Gasteiger partial charge in [0.25, 0.3) is 5.56 Å². The number of aromatic nitrogens is 2. The minimum absolute atomic E-state index is 0.0144. The molecule has 206 valence electrons. The second kappa shape index (κ2) is 11.0. The van der Waals surface area contributed by atoms with Crippen LogP contribution in [0.3, 0.4) is 0 Å². The molecule has 0 saturated carbocycles. The highest BCUT2D eigenvalue weighted by molar-refractivity contribution is 6.05. The number of carbonyl (C=O) groups excluding carboxylic acids is 1. The summed E-state index contributed by atoms with van der Waals surface area (Å²) in [6, 6.07) is 11.1. The molecule has 0 unspecified atom stereocenters. The van der Waals surface area contributed by atoms with Gasteiger partial charge >= 0.3 is 5.69 Å². The van der Waals surface area contributed by atoms with Crippen LogP contribution in [0.15, 0.2) is 56.6 Å². The number of aliphatic imine (C=N–C) groups is 1. The highest BCUT2D eigenvalue weighted by atomic mass is 16.3. The van der Waals surface area contributed by atoms with E-state index in [1.807, 2.05) is 35.2 Å². The molecular weight excluding hydrogens is 494 g/mol. The number of hydrogen-bond acceptors (Lipinski definition) is 6. The summed E-state index contributed by atoms with van der Waals surface area (Å²) >= 11 is 0. The van der Waals surface area contributed by atoms with Crippen LogP contribution in [-0.4, -0.2) is 49.6 Å². The quantitative estimate of drug-likeness (QED) is 0.460. The summed E-state index contributed by atoms with van der Waals surface area (Å²) in [5, 5.41) is 10.6. The van der Waals surface area contributed by atoms with Crippen LogP contribution in [0.1, 0.15) is 52.5 Å². The number of amides is 1. The van der Waals surface area contributed by atoms with Crippen molar-refractivity contribution >= 4 is 34.4 Å². The summed E-state index contributed by atoms with van der Waals surface area (Å²) < 4.78 is 2.49. The fourth-order valence-corrected chi connectivity index (χ4v) is 4.98. The number of nitrogens with zero attached hydrogens (tertiary/aromatic N) is 4. The molecule has 3 N–H and O–H groups in total. The van der Waals surface area contributed by atoms with Gasteiger partial charge in [-0.05, 0) is 62.1 Å². The maximum Gasteiger partial charge on any atom is 0.331 e. The summed E-state index contributed by atoms with van der Waals surface area (Å²) in [4.78, 5) is 45.8. The summed E-state index contributed by atoms with van der Waals surface area (Å²) in [6.07, 6.45) is 3.92. The number of carbonyl (C=O) groups is 1. The third-order valence-corrected chi connectivity index (χ3v) is 6.78. The van der Waals surface area contributed by atoms with E-state index < -0.39 is 16.9 Å². The van der Waals surface area contributed by atoms with E-state index in [2.05, 4.69) is 18.8 Å². The Balaban J connectivity index is 1.76. The van der Waals surface area contributed by atoms with Gasteiger partial charge in [-0.15, -0.1) is 0 Å². The molecule has 0 atom stereocenters. The van der Waals surface area contributed by atoms with Gasteiger partial charge < -0.3 is 15.7 Å². The Bertz CT molecular complexity index is 1600. The molecule has 1 amide bonds. The van der Waals surface area contributed by atoms with Crippen LogP contribution >= 0.6 is 0 Å². The van der Waals surface area contributed by atoms with E-state index >= 15 is 0 Å². The first-order chi connectivity index (χ1) is 18.4. The molecule has 0 bridgehead atoms. The van der Waals surface area contributed by atoms with Gasteiger partial charge in [0.2, 0.25) is 5.91 Å². The second-order valence-electron chi connectivity index (χ2n) is 10.8. The minimum atomic E-state index is -1.21. The fourth-order valence-electron chi connectivity index (χ4n) is 4.98. The first-order valence-corrected chi connectivity index (χ1v) is 13.4. The van der Waals surface area contributed by atoms with Crippen molar-refractivity contribution in [1.29, 1.82) is 0 Å². The van der Waals surface area contributed by atoms with Gasteiger partial charge in [0, 0.05) is 37.7 Å². The lowest BCUT2D eigenvalue weighted by Crippen LogP contribution is -2.44. The number of rotatable bonds is 8. The molecule has 1 aliphatic heterocycles. The zero-order valence-electron chi connectivity index (χ0n) is 23.3. The van der Waals surface area contributed by atoms with Crippen molar-refractivity contribution in [1.82, 2.24) is 14.0 Å². The topological polar surface area (TPSA) is 123 Å². The van der Waals surface area contributed by atoms with Gasteiger partial charge in [0.15, 0.2) is 0 Å². The Labute approximate surface area is 227 Å². The van der Waals surface area contributed by atoms with Gasteiger partial charge in [-0.2, -0.15) is 0 Å². The minimum Gasteiger partial charge on any atom is -0.389 e. The summed E-state index contributed by atoms with van der Waals surface area (Å²) in [7, 11) is 1.61. The molecule has 1 aromatic heterocycles. The largest absolute Gasteiger partial charge is 0.389 e. The molecule has 39 heavy (non-hydrogen) atoms. The van der Waals surface area contributed by atoms with Gasteiger partial charge in [-0.3, -0.25) is 18.7 Å². The first-order valence-electron chi connectivity index (χ1n) is 13.4. The molecule has 0 spiro atoms. The Hall–Kier alpha value is -3.98. The van der Waals surface area contributed by atoms with E-state index in [1.54, 1.807) is 33.0 Å². The zero-order chi connectivity index (χ0) is 28.5. The van der Waals surface area contributed by atoms with Gasteiger partial charge in [0.1, 0.15) is 5.84 Å². The van der Waals surface area contributed by atoms with Gasteiger partial charge in [-0.1, -0.05) is 32.0 Å². The molecule has 2 aromatic carbocycles. The SMILES string of the molecule is CCCN(CCC)C(=O)C1=Cc2ccc(-c3ccc4c(=O)n(CC(C)(C)O)c(=O)n(C)c4c3)cc2N=C(N)C1. The summed E-state index contributed by atoms with van der Waals surface area (Å²) in [5.74, 6) is 0.353. The average molecular weight is 532 g/mol. The Morgan fingerprint density at radius 2 is 1.72 bits per heavy atom. The van der Waals surface area contributed by atoms with Crippen molar-refractivity contribution in [2.24, 2.45) is 17.8 Å². The van der Waals surface area contributed by atoms with E-state index in [0.717, 1.165) is 34.1 Å². The number of benzene rings is 2. The molecule has 0 fully saturated rings. The lowest BCUT2D eigenvalue weighted by molar-refractivity contribution is -0.127. The molecule has 0 radical (unpaired) electrons. The first kappa shape index (κ1) is 28.0. The van der Waals surface area contributed by atoms with Crippen molar-refractivity contribution < 1.29 is 9.90 Å². The van der Waals surface area contributed by atoms with E-state index in [0.29, 0.717) is 41.1 Å². The smallest absolute Gasteiger partial charge is 0.331 e. The highest BCUT2D eigenvalue weighted by Crippen LogP contribution is 2.33. The van der Waals surface area contributed by atoms with Crippen LogP contribution in [0.25, 0.3) is 28.1 Å². The lowest BCUT2D eigenvalue weighted by Gasteiger charge is -2.22. The average Bonchev–Trinajstić information content (AvgIpc) is 3.05. The van der Waals surface area contributed by atoms with E-state index in [4.69, 9.17) is 5.73 Å². The third-order valence-electron chi connectivity index (χ3n) is 6.78. The molecule has 9 nitrogen and oxygen atoms in total. The van der Waals surface area contributed by atoms with Crippen molar-refractivity contribution in [3.63, 3.8) is 0 Å². The Kier molecular flexibility index (Phi) is 7.92. The highest BCUT2D eigenvalue weighted by Gasteiger charge is 2.22. The van der Waals surface area contributed by atoms with Crippen molar-refractivity contribution in [2.75, 3.05) is 13.1 Å². The normalized spacial score (nSPS) is 13.5. The Morgan fingerprint density at radius 1 is 1.08 bits per heavy atom. The van der Waals surface area contributed by atoms with Crippen molar-refractivity contribution in [3.8, 4) is 11.1 Å². The van der Waals surface area contributed by atoms with Crippen LogP contribution in [-0.2, 0) is 18.4 Å². The van der Waals surface area contributed by atoms with Gasteiger partial charge in [-0.25, -0.2) is 9.79 Å². The van der Waals surface area contributed by atoms with Crippen molar-refractivity contribution in [3.05, 3.63) is 68.4 Å². The number of amidine groups is 1. The number of hydrogen-bond donors (Lipinski definition) is 2. The third kappa shape index (κ3) is 5.88. The molecule has 1 aliphatic rings. The summed E-state index contributed by atoms with van der Waals surface area (Å²) in [6.45, 7) is 8.51. The molecular formula is C30H37N5O4. The predicted molar refractivity (Wildman–Crippen MR) is 156 cm³/mol. The molecule has 2 heterocycles. The maximum atomic E-state index is 13.3. The molecule has 0 aliphatic carbocycles. The summed E-state index contributed by atoms with van der Waals surface area (Å²) in [5.41, 5.74) is 8.31. The van der Waals surface area contributed by atoms with Crippen LogP contribution in [0.5, 0.6) is 0 Å². The fraction of sp³-hybridized carbons (Fsp3) is 0.400. The Morgan fingerprint density at radius 3 is 2.36 bits per heavy atom. The van der Waals surface area contributed by atoms with Crippen LogP contribution in [0, 0.1) is 0 Å². The predicted octanol–water partition coefficient (Wildman–Crippen LogP) is 3.56. The number of aliphatic hydroxyl groups is 1. The zero-order valence-corrected chi connectivity index (χ0v) is 23.3. The van der Waals surface area contributed by atoms with Crippen LogP contribution in [0.2, 0.25) is 0 Å². The molecule has 4 rings (SSSR count). The number of nitrogens with two attached hydrogens (primary N) is 1. The lowest BCUT2D eigenvalue weighted by atomic mass is 9.99. The second-order valence-corrected chi connectivity index (χ2v) is 10.8. The maximum absolute atomic E-state index is 13.3.